The minimum Gasteiger partial charge on any atom is -0.355 e. The predicted molar refractivity (Wildman–Crippen MR) is 66.6 cm³/mol. The van der Waals surface area contributed by atoms with Gasteiger partial charge in [0.2, 0.25) is 0 Å². The summed E-state index contributed by atoms with van der Waals surface area (Å²) >= 11 is 0. The van der Waals surface area contributed by atoms with E-state index >= 15 is 0 Å². The Labute approximate surface area is 104 Å². The molecule has 1 atom stereocenters. The third-order valence-corrected chi connectivity index (χ3v) is 3.38. The number of amides is 1. The molecule has 1 fully saturated rings. The van der Waals surface area contributed by atoms with Crippen LogP contribution in [0.1, 0.15) is 28.4 Å². The zero-order valence-electron chi connectivity index (χ0n) is 10.2. The van der Waals surface area contributed by atoms with Crippen molar-refractivity contribution in [1.82, 2.24) is 25.2 Å². The van der Waals surface area contributed by atoms with Crippen LogP contribution in [-0.2, 0) is 0 Å². The van der Waals surface area contributed by atoms with E-state index in [1.165, 1.54) is 0 Å². The van der Waals surface area contributed by atoms with E-state index < -0.39 is 0 Å². The van der Waals surface area contributed by atoms with Crippen molar-refractivity contribution in [3.63, 3.8) is 0 Å². The summed E-state index contributed by atoms with van der Waals surface area (Å²) in [7, 11) is 1.61. The highest BCUT2D eigenvalue weighted by Crippen LogP contribution is 2.23. The lowest BCUT2D eigenvalue weighted by Gasteiger charge is -2.10. The van der Waals surface area contributed by atoms with Gasteiger partial charge in [0.15, 0.2) is 5.65 Å². The highest BCUT2D eigenvalue weighted by atomic mass is 16.1. The van der Waals surface area contributed by atoms with Crippen LogP contribution in [0.15, 0.2) is 18.5 Å². The Kier molecular flexibility index (Phi) is 2.71. The van der Waals surface area contributed by atoms with Crippen LogP contribution in [0.25, 0.3) is 5.65 Å². The lowest BCUT2D eigenvalue weighted by atomic mass is 10.0. The van der Waals surface area contributed by atoms with Gasteiger partial charge in [-0.2, -0.15) is 5.10 Å². The molecule has 18 heavy (non-hydrogen) atoms. The van der Waals surface area contributed by atoms with Crippen LogP contribution in [0.3, 0.4) is 0 Å². The van der Waals surface area contributed by atoms with Gasteiger partial charge in [-0.1, -0.05) is 0 Å². The van der Waals surface area contributed by atoms with E-state index in [-0.39, 0.29) is 5.91 Å². The van der Waals surface area contributed by atoms with Gasteiger partial charge in [0, 0.05) is 25.7 Å². The molecule has 0 spiro atoms. The standard InChI is InChI=1S/C12H15N5O/c1-13-12(18)9-7-16-17-10(3-5-15-11(9)17)8-2-4-14-6-8/h3,5,7-8,14H,2,4,6H2,1H3,(H,13,18)/t8-/m0/s1. The van der Waals surface area contributed by atoms with Crippen molar-refractivity contribution in [2.24, 2.45) is 0 Å². The lowest BCUT2D eigenvalue weighted by Crippen LogP contribution is -2.18. The van der Waals surface area contributed by atoms with Gasteiger partial charge in [-0.05, 0) is 19.0 Å². The van der Waals surface area contributed by atoms with Crippen molar-refractivity contribution in [3.05, 3.63) is 29.7 Å². The van der Waals surface area contributed by atoms with Crippen molar-refractivity contribution in [3.8, 4) is 0 Å². The maximum absolute atomic E-state index is 11.7. The molecule has 6 nitrogen and oxygen atoms in total. The molecule has 0 radical (unpaired) electrons. The van der Waals surface area contributed by atoms with E-state index in [1.807, 2.05) is 6.07 Å². The van der Waals surface area contributed by atoms with Gasteiger partial charge >= 0.3 is 0 Å². The fraction of sp³-hybridized carbons (Fsp3) is 0.417. The molecule has 0 unspecified atom stereocenters. The topological polar surface area (TPSA) is 71.3 Å². The second-order valence-electron chi connectivity index (χ2n) is 4.43. The average molecular weight is 245 g/mol. The van der Waals surface area contributed by atoms with Crippen molar-refractivity contribution >= 4 is 11.6 Å². The highest BCUT2D eigenvalue weighted by molar-refractivity contribution is 5.99. The first kappa shape index (κ1) is 11.2. The first-order valence-electron chi connectivity index (χ1n) is 6.06. The van der Waals surface area contributed by atoms with Gasteiger partial charge < -0.3 is 10.6 Å². The Bertz CT molecular complexity index is 585. The Morgan fingerprint density at radius 2 is 2.50 bits per heavy atom. The largest absolute Gasteiger partial charge is 0.355 e. The number of carbonyl (C=O) groups is 1. The van der Waals surface area contributed by atoms with Crippen LogP contribution in [0.4, 0.5) is 0 Å². The van der Waals surface area contributed by atoms with E-state index in [2.05, 4.69) is 20.7 Å². The molecule has 2 N–H and O–H groups in total. The lowest BCUT2D eigenvalue weighted by molar-refractivity contribution is 0.0964. The Balaban J connectivity index is 2.11. The van der Waals surface area contributed by atoms with Crippen LogP contribution < -0.4 is 10.6 Å². The fourth-order valence-corrected chi connectivity index (χ4v) is 2.42. The quantitative estimate of drug-likeness (QED) is 0.791. The number of carbonyl (C=O) groups excluding carboxylic acids is 1. The molecular formula is C12H15N5O. The van der Waals surface area contributed by atoms with E-state index in [9.17, 15) is 4.79 Å². The number of hydrogen-bond donors (Lipinski definition) is 2. The number of rotatable bonds is 2. The molecule has 2 aromatic heterocycles. The summed E-state index contributed by atoms with van der Waals surface area (Å²) in [6.45, 7) is 1.98. The molecule has 94 valence electrons. The summed E-state index contributed by atoms with van der Waals surface area (Å²) < 4.78 is 1.78. The van der Waals surface area contributed by atoms with Gasteiger partial charge in [0.05, 0.1) is 11.9 Å². The van der Waals surface area contributed by atoms with Crippen molar-refractivity contribution in [2.75, 3.05) is 20.1 Å². The van der Waals surface area contributed by atoms with Gasteiger partial charge in [-0.15, -0.1) is 0 Å². The number of fused-ring (bicyclic) bond motifs is 1. The SMILES string of the molecule is CNC(=O)c1cnn2c([C@H]3CCNC3)ccnc12. The molecule has 2 aromatic rings. The van der Waals surface area contributed by atoms with E-state index in [4.69, 9.17) is 0 Å². The maximum atomic E-state index is 11.7. The van der Waals surface area contributed by atoms with E-state index in [0.29, 0.717) is 17.1 Å². The predicted octanol–water partition coefficient (Wildman–Crippen LogP) is 0.166. The third kappa shape index (κ3) is 1.65. The van der Waals surface area contributed by atoms with Crippen LogP contribution >= 0.6 is 0 Å². The van der Waals surface area contributed by atoms with E-state index in [1.54, 1.807) is 24.0 Å². The van der Waals surface area contributed by atoms with Gasteiger partial charge in [-0.25, -0.2) is 9.50 Å². The molecule has 1 aliphatic rings. The van der Waals surface area contributed by atoms with Crippen molar-refractivity contribution in [1.29, 1.82) is 0 Å². The van der Waals surface area contributed by atoms with Gasteiger partial charge in [-0.3, -0.25) is 4.79 Å². The van der Waals surface area contributed by atoms with Gasteiger partial charge in [0.25, 0.3) is 5.91 Å². The zero-order valence-corrected chi connectivity index (χ0v) is 10.2. The highest BCUT2D eigenvalue weighted by Gasteiger charge is 2.21. The molecule has 0 aliphatic carbocycles. The number of nitrogens with one attached hydrogen (secondary N) is 2. The Morgan fingerprint density at radius 1 is 1.61 bits per heavy atom. The second-order valence-corrected chi connectivity index (χ2v) is 4.43. The van der Waals surface area contributed by atoms with Crippen LogP contribution in [0.5, 0.6) is 0 Å². The first-order chi connectivity index (χ1) is 8.81. The van der Waals surface area contributed by atoms with Crippen LogP contribution in [0.2, 0.25) is 0 Å². The smallest absolute Gasteiger partial charge is 0.256 e. The number of hydrogen-bond acceptors (Lipinski definition) is 4. The normalized spacial score (nSPS) is 19.3. The summed E-state index contributed by atoms with van der Waals surface area (Å²) in [5.74, 6) is 0.284. The summed E-state index contributed by atoms with van der Waals surface area (Å²) in [5.41, 5.74) is 2.25. The van der Waals surface area contributed by atoms with E-state index in [0.717, 1.165) is 25.2 Å². The fourth-order valence-electron chi connectivity index (χ4n) is 2.42. The average Bonchev–Trinajstić information content (AvgIpc) is 3.06. The minimum atomic E-state index is -0.154. The second kappa shape index (κ2) is 4.38. The molecule has 0 saturated carbocycles. The number of nitrogens with zero attached hydrogens (tertiary/aromatic N) is 3. The molecule has 0 bridgehead atoms. The monoisotopic (exact) mass is 245 g/mol. The zero-order chi connectivity index (χ0) is 12.5. The summed E-state index contributed by atoms with van der Waals surface area (Å²) in [5, 5.41) is 10.2. The van der Waals surface area contributed by atoms with Crippen LogP contribution in [-0.4, -0.2) is 40.6 Å². The van der Waals surface area contributed by atoms with Crippen molar-refractivity contribution < 1.29 is 4.79 Å². The summed E-state index contributed by atoms with van der Waals surface area (Å²) in [4.78, 5) is 16.0. The Morgan fingerprint density at radius 3 is 3.22 bits per heavy atom. The molecule has 3 rings (SSSR count). The molecule has 1 aliphatic heterocycles. The minimum absolute atomic E-state index is 0.154. The number of aromatic nitrogens is 3. The molecular weight excluding hydrogens is 230 g/mol. The van der Waals surface area contributed by atoms with Crippen molar-refractivity contribution in [2.45, 2.75) is 12.3 Å². The van der Waals surface area contributed by atoms with Crippen LogP contribution in [0, 0.1) is 0 Å². The summed E-state index contributed by atoms with van der Waals surface area (Å²) in [6, 6.07) is 1.98. The Hall–Kier alpha value is -1.95. The molecule has 6 heteroatoms. The summed E-state index contributed by atoms with van der Waals surface area (Å²) in [6.07, 6.45) is 4.42. The first-order valence-corrected chi connectivity index (χ1v) is 6.06. The van der Waals surface area contributed by atoms with Gasteiger partial charge in [0.1, 0.15) is 5.56 Å². The maximum Gasteiger partial charge on any atom is 0.256 e. The third-order valence-electron chi connectivity index (χ3n) is 3.38. The molecule has 1 amide bonds. The molecule has 3 heterocycles. The molecule has 1 saturated heterocycles. The molecule has 0 aromatic carbocycles.